The maximum absolute atomic E-state index is 11.7. The largest absolute Gasteiger partial charge is 0.350 e. The van der Waals surface area contributed by atoms with Crippen LogP contribution in [0.3, 0.4) is 0 Å². The van der Waals surface area contributed by atoms with E-state index in [1.807, 2.05) is 0 Å². The van der Waals surface area contributed by atoms with Gasteiger partial charge in [-0.15, -0.1) is 0 Å². The minimum Gasteiger partial charge on any atom is -0.350 e. The van der Waals surface area contributed by atoms with Gasteiger partial charge in [0.25, 0.3) is 0 Å². The SMILES string of the molecule is N[C@@H]1CCCC[C@H]1NC(=O)Cn1cncn1. The standard InChI is InChI=1S/C10H17N5O/c11-8-3-1-2-4-9(8)14-10(16)5-15-7-12-6-13-15/h6-9H,1-5,11H2,(H,14,16)/t8-,9-/m1/s1. The van der Waals surface area contributed by atoms with E-state index in [4.69, 9.17) is 5.73 Å². The van der Waals surface area contributed by atoms with E-state index < -0.39 is 0 Å². The average Bonchev–Trinajstić information content (AvgIpc) is 2.74. The van der Waals surface area contributed by atoms with E-state index in [9.17, 15) is 4.79 Å². The zero-order valence-corrected chi connectivity index (χ0v) is 9.17. The molecular weight excluding hydrogens is 206 g/mol. The Hall–Kier alpha value is -1.43. The number of carbonyl (C=O) groups is 1. The molecule has 1 amide bonds. The molecule has 88 valence electrons. The van der Waals surface area contributed by atoms with Crippen molar-refractivity contribution >= 4 is 5.91 Å². The number of hydrogen-bond acceptors (Lipinski definition) is 4. The van der Waals surface area contributed by atoms with Crippen molar-refractivity contribution in [1.29, 1.82) is 0 Å². The highest BCUT2D eigenvalue weighted by atomic mass is 16.2. The van der Waals surface area contributed by atoms with Gasteiger partial charge in [0.15, 0.2) is 0 Å². The summed E-state index contributed by atoms with van der Waals surface area (Å²) in [6, 6.07) is 0.207. The lowest BCUT2D eigenvalue weighted by Gasteiger charge is -2.29. The van der Waals surface area contributed by atoms with Crippen LogP contribution in [0.1, 0.15) is 25.7 Å². The molecule has 1 aromatic rings. The Labute approximate surface area is 94.2 Å². The summed E-state index contributed by atoms with van der Waals surface area (Å²) < 4.78 is 1.50. The molecule has 1 saturated carbocycles. The van der Waals surface area contributed by atoms with Crippen molar-refractivity contribution in [2.75, 3.05) is 0 Å². The summed E-state index contributed by atoms with van der Waals surface area (Å²) in [5, 5.41) is 6.84. The predicted molar refractivity (Wildman–Crippen MR) is 58.4 cm³/mol. The van der Waals surface area contributed by atoms with Crippen LogP contribution in [0.4, 0.5) is 0 Å². The fourth-order valence-corrected chi connectivity index (χ4v) is 2.05. The number of amides is 1. The molecule has 0 unspecified atom stereocenters. The maximum atomic E-state index is 11.7. The Morgan fingerprint density at radius 3 is 3.00 bits per heavy atom. The lowest BCUT2D eigenvalue weighted by molar-refractivity contribution is -0.122. The van der Waals surface area contributed by atoms with E-state index in [0.29, 0.717) is 0 Å². The highest BCUT2D eigenvalue weighted by Gasteiger charge is 2.23. The van der Waals surface area contributed by atoms with Crippen LogP contribution in [0.15, 0.2) is 12.7 Å². The van der Waals surface area contributed by atoms with Crippen LogP contribution < -0.4 is 11.1 Å². The van der Waals surface area contributed by atoms with Gasteiger partial charge in [-0.3, -0.25) is 4.79 Å². The third-order valence-corrected chi connectivity index (χ3v) is 2.94. The smallest absolute Gasteiger partial charge is 0.242 e. The molecular formula is C10H17N5O. The van der Waals surface area contributed by atoms with E-state index in [2.05, 4.69) is 15.4 Å². The number of rotatable bonds is 3. The Morgan fingerprint density at radius 1 is 1.50 bits per heavy atom. The van der Waals surface area contributed by atoms with E-state index in [0.717, 1.165) is 25.7 Å². The van der Waals surface area contributed by atoms with Gasteiger partial charge in [0.05, 0.1) is 0 Å². The van der Waals surface area contributed by atoms with Crippen LogP contribution in [0.5, 0.6) is 0 Å². The van der Waals surface area contributed by atoms with Crippen molar-refractivity contribution in [2.45, 2.75) is 44.3 Å². The fourth-order valence-electron chi connectivity index (χ4n) is 2.05. The second kappa shape index (κ2) is 5.07. The predicted octanol–water partition coefficient (Wildman–Crippen LogP) is -0.336. The van der Waals surface area contributed by atoms with Crippen LogP contribution in [-0.2, 0) is 11.3 Å². The molecule has 1 fully saturated rings. The lowest BCUT2D eigenvalue weighted by Crippen LogP contribution is -2.50. The van der Waals surface area contributed by atoms with Crippen molar-refractivity contribution < 1.29 is 4.79 Å². The molecule has 1 aliphatic carbocycles. The van der Waals surface area contributed by atoms with Crippen molar-refractivity contribution in [3.05, 3.63) is 12.7 Å². The van der Waals surface area contributed by atoms with Crippen molar-refractivity contribution in [3.8, 4) is 0 Å². The van der Waals surface area contributed by atoms with Crippen molar-refractivity contribution in [3.63, 3.8) is 0 Å². The highest BCUT2D eigenvalue weighted by molar-refractivity contribution is 5.76. The average molecular weight is 223 g/mol. The molecule has 6 heteroatoms. The first-order valence-electron chi connectivity index (χ1n) is 5.63. The molecule has 1 aliphatic rings. The normalized spacial score (nSPS) is 25.3. The molecule has 16 heavy (non-hydrogen) atoms. The minimum atomic E-state index is -0.0483. The molecule has 0 saturated heterocycles. The van der Waals surface area contributed by atoms with Crippen LogP contribution in [0.2, 0.25) is 0 Å². The van der Waals surface area contributed by atoms with Crippen LogP contribution in [0, 0.1) is 0 Å². The topological polar surface area (TPSA) is 85.8 Å². The summed E-state index contributed by atoms with van der Waals surface area (Å²) in [5.41, 5.74) is 5.95. The van der Waals surface area contributed by atoms with Gasteiger partial charge in [-0.2, -0.15) is 5.10 Å². The van der Waals surface area contributed by atoms with Gasteiger partial charge < -0.3 is 11.1 Å². The summed E-state index contributed by atoms with van der Waals surface area (Å²) in [7, 11) is 0. The molecule has 6 nitrogen and oxygen atoms in total. The van der Waals surface area contributed by atoms with Crippen LogP contribution in [0.25, 0.3) is 0 Å². The van der Waals surface area contributed by atoms with E-state index in [-0.39, 0.29) is 24.5 Å². The number of nitrogens with two attached hydrogens (primary N) is 1. The van der Waals surface area contributed by atoms with Gasteiger partial charge in [0.1, 0.15) is 19.2 Å². The number of nitrogens with zero attached hydrogens (tertiary/aromatic N) is 3. The molecule has 1 aromatic heterocycles. The van der Waals surface area contributed by atoms with E-state index >= 15 is 0 Å². The first-order valence-corrected chi connectivity index (χ1v) is 5.63. The third kappa shape index (κ3) is 2.79. The Kier molecular flexibility index (Phi) is 3.51. The zero-order chi connectivity index (χ0) is 11.4. The van der Waals surface area contributed by atoms with E-state index in [1.165, 1.54) is 17.3 Å². The molecule has 0 aliphatic heterocycles. The van der Waals surface area contributed by atoms with Crippen molar-refractivity contribution in [2.24, 2.45) is 5.73 Å². The molecule has 0 aromatic carbocycles. The van der Waals surface area contributed by atoms with Crippen molar-refractivity contribution in [1.82, 2.24) is 20.1 Å². The highest BCUT2D eigenvalue weighted by Crippen LogP contribution is 2.16. The maximum Gasteiger partial charge on any atom is 0.242 e. The number of carbonyl (C=O) groups excluding carboxylic acids is 1. The fraction of sp³-hybridized carbons (Fsp3) is 0.700. The van der Waals surface area contributed by atoms with Gasteiger partial charge in [0.2, 0.25) is 5.91 Å². The summed E-state index contributed by atoms with van der Waals surface area (Å²) in [6.07, 6.45) is 7.22. The summed E-state index contributed by atoms with van der Waals surface area (Å²) in [5.74, 6) is -0.0483. The van der Waals surface area contributed by atoms with Gasteiger partial charge in [0, 0.05) is 12.1 Å². The second-order valence-electron chi connectivity index (χ2n) is 4.22. The summed E-state index contributed by atoms with van der Waals surface area (Å²) in [6.45, 7) is 0.212. The van der Waals surface area contributed by atoms with Gasteiger partial charge in [-0.1, -0.05) is 12.8 Å². The van der Waals surface area contributed by atoms with Gasteiger partial charge >= 0.3 is 0 Å². The lowest BCUT2D eigenvalue weighted by atomic mass is 9.91. The second-order valence-corrected chi connectivity index (χ2v) is 4.22. The first kappa shape index (κ1) is 11.1. The minimum absolute atomic E-state index is 0.0483. The molecule has 3 N–H and O–H groups in total. The third-order valence-electron chi connectivity index (χ3n) is 2.94. The summed E-state index contributed by atoms with van der Waals surface area (Å²) in [4.78, 5) is 15.5. The quantitative estimate of drug-likeness (QED) is 0.734. The first-order chi connectivity index (χ1) is 7.75. The molecule has 0 spiro atoms. The molecule has 0 bridgehead atoms. The molecule has 0 radical (unpaired) electrons. The monoisotopic (exact) mass is 223 g/mol. The molecule has 2 rings (SSSR count). The van der Waals surface area contributed by atoms with Gasteiger partial charge in [-0.05, 0) is 12.8 Å². The molecule has 2 atom stereocenters. The Balaban J connectivity index is 1.82. The van der Waals surface area contributed by atoms with Crippen LogP contribution >= 0.6 is 0 Å². The Bertz CT molecular complexity index is 337. The Morgan fingerprint density at radius 2 is 2.31 bits per heavy atom. The number of hydrogen-bond donors (Lipinski definition) is 2. The number of nitrogens with one attached hydrogen (secondary N) is 1. The van der Waals surface area contributed by atoms with E-state index in [1.54, 1.807) is 0 Å². The van der Waals surface area contributed by atoms with Gasteiger partial charge in [-0.25, -0.2) is 9.67 Å². The zero-order valence-electron chi connectivity index (χ0n) is 9.17. The summed E-state index contributed by atoms with van der Waals surface area (Å²) >= 11 is 0. The number of aromatic nitrogens is 3. The van der Waals surface area contributed by atoms with Crippen LogP contribution in [-0.4, -0.2) is 32.8 Å². The molecule has 1 heterocycles.